The van der Waals surface area contributed by atoms with Crippen molar-refractivity contribution in [2.45, 2.75) is 20.3 Å². The highest BCUT2D eigenvalue weighted by atomic mass is 16.1. The highest BCUT2D eigenvalue weighted by molar-refractivity contribution is 6.01. The fourth-order valence-electron chi connectivity index (χ4n) is 2.42. The Morgan fingerprint density at radius 2 is 1.95 bits per heavy atom. The van der Waals surface area contributed by atoms with E-state index in [-0.39, 0.29) is 5.91 Å². The molecule has 0 bridgehead atoms. The Bertz CT molecular complexity index is 707. The molecule has 0 aromatic heterocycles. The lowest BCUT2D eigenvalue weighted by atomic mass is 10.1. The Morgan fingerprint density at radius 1 is 1.15 bits per heavy atom. The van der Waals surface area contributed by atoms with Crippen LogP contribution in [0.4, 0.5) is 22.7 Å². The number of carbonyl (C=O) groups excluding carboxylic acids is 1. The molecule has 0 saturated carbocycles. The SMILES string of the molecule is Cc1ccc(C)c(Nc2cc3c(cc2N)CC(=O)N3)c1. The lowest BCUT2D eigenvalue weighted by Gasteiger charge is -2.14. The summed E-state index contributed by atoms with van der Waals surface area (Å²) in [7, 11) is 0. The van der Waals surface area contributed by atoms with Crippen molar-refractivity contribution in [3.63, 3.8) is 0 Å². The predicted molar refractivity (Wildman–Crippen MR) is 82.4 cm³/mol. The monoisotopic (exact) mass is 267 g/mol. The third-order valence-electron chi connectivity index (χ3n) is 3.56. The van der Waals surface area contributed by atoms with Crippen LogP contribution in [-0.4, -0.2) is 5.91 Å². The summed E-state index contributed by atoms with van der Waals surface area (Å²) in [4.78, 5) is 11.4. The van der Waals surface area contributed by atoms with Gasteiger partial charge >= 0.3 is 0 Å². The number of hydrogen-bond acceptors (Lipinski definition) is 3. The molecule has 0 unspecified atom stereocenters. The van der Waals surface area contributed by atoms with Crippen molar-refractivity contribution in [3.8, 4) is 0 Å². The van der Waals surface area contributed by atoms with E-state index in [1.807, 2.05) is 19.1 Å². The minimum absolute atomic E-state index is 0.0169. The minimum atomic E-state index is 0.0169. The number of carbonyl (C=O) groups is 1. The maximum Gasteiger partial charge on any atom is 0.228 e. The van der Waals surface area contributed by atoms with E-state index in [1.165, 1.54) is 5.56 Å². The molecule has 0 spiro atoms. The van der Waals surface area contributed by atoms with E-state index in [2.05, 4.69) is 35.8 Å². The number of fused-ring (bicyclic) bond motifs is 1. The van der Waals surface area contributed by atoms with Gasteiger partial charge in [-0.05, 0) is 48.7 Å². The normalized spacial score (nSPS) is 13.0. The van der Waals surface area contributed by atoms with Gasteiger partial charge in [-0.1, -0.05) is 12.1 Å². The highest BCUT2D eigenvalue weighted by Crippen LogP contribution is 2.33. The van der Waals surface area contributed by atoms with Crippen molar-refractivity contribution in [1.29, 1.82) is 0 Å². The molecule has 0 radical (unpaired) electrons. The number of aryl methyl sites for hydroxylation is 2. The van der Waals surface area contributed by atoms with Crippen molar-refractivity contribution >= 4 is 28.7 Å². The number of nitrogens with one attached hydrogen (secondary N) is 2. The fourth-order valence-corrected chi connectivity index (χ4v) is 2.42. The lowest BCUT2D eigenvalue weighted by Crippen LogP contribution is -2.03. The van der Waals surface area contributed by atoms with Gasteiger partial charge in [0.2, 0.25) is 5.91 Å². The summed E-state index contributed by atoms with van der Waals surface area (Å²) in [6, 6.07) is 9.99. The van der Waals surface area contributed by atoms with E-state index in [0.29, 0.717) is 12.1 Å². The molecule has 102 valence electrons. The van der Waals surface area contributed by atoms with Gasteiger partial charge in [-0.15, -0.1) is 0 Å². The van der Waals surface area contributed by atoms with Gasteiger partial charge in [0.05, 0.1) is 17.8 Å². The summed E-state index contributed by atoms with van der Waals surface area (Å²) >= 11 is 0. The quantitative estimate of drug-likeness (QED) is 0.732. The first kappa shape index (κ1) is 12.5. The van der Waals surface area contributed by atoms with Crippen LogP contribution in [0.5, 0.6) is 0 Å². The molecule has 0 atom stereocenters. The van der Waals surface area contributed by atoms with E-state index in [1.54, 1.807) is 0 Å². The molecule has 0 fully saturated rings. The van der Waals surface area contributed by atoms with Gasteiger partial charge in [-0.25, -0.2) is 0 Å². The molecular weight excluding hydrogens is 250 g/mol. The summed E-state index contributed by atoms with van der Waals surface area (Å²) in [6.07, 6.45) is 0.406. The molecule has 2 aromatic rings. The summed E-state index contributed by atoms with van der Waals surface area (Å²) < 4.78 is 0. The number of benzene rings is 2. The van der Waals surface area contributed by atoms with Crippen molar-refractivity contribution in [1.82, 2.24) is 0 Å². The van der Waals surface area contributed by atoms with Gasteiger partial charge in [0.15, 0.2) is 0 Å². The fraction of sp³-hybridized carbons (Fsp3) is 0.188. The standard InChI is InChI=1S/C16H17N3O/c1-9-3-4-10(2)13(5-9)18-15-8-14-11(6-12(15)17)7-16(20)19-14/h3-6,8,18H,7,17H2,1-2H3,(H,19,20). The zero-order valence-electron chi connectivity index (χ0n) is 11.6. The van der Waals surface area contributed by atoms with E-state index in [4.69, 9.17) is 5.73 Å². The summed E-state index contributed by atoms with van der Waals surface area (Å²) in [6.45, 7) is 4.10. The predicted octanol–water partition coefficient (Wildman–Crippen LogP) is 3.12. The summed E-state index contributed by atoms with van der Waals surface area (Å²) in [5.74, 6) is 0.0169. The number of nitrogen functional groups attached to an aromatic ring is 1. The van der Waals surface area contributed by atoms with Crippen LogP contribution in [0, 0.1) is 13.8 Å². The maximum absolute atomic E-state index is 11.4. The Kier molecular flexibility index (Phi) is 2.86. The third-order valence-corrected chi connectivity index (χ3v) is 3.56. The first-order chi connectivity index (χ1) is 9.52. The number of amides is 1. The Morgan fingerprint density at radius 3 is 2.75 bits per heavy atom. The minimum Gasteiger partial charge on any atom is -0.397 e. The maximum atomic E-state index is 11.4. The molecule has 20 heavy (non-hydrogen) atoms. The number of anilines is 4. The van der Waals surface area contributed by atoms with Gasteiger partial charge in [-0.3, -0.25) is 4.79 Å². The van der Waals surface area contributed by atoms with Crippen LogP contribution in [0.15, 0.2) is 30.3 Å². The molecule has 0 aliphatic carbocycles. The van der Waals surface area contributed by atoms with Gasteiger partial charge in [0.25, 0.3) is 0 Å². The lowest BCUT2D eigenvalue weighted by molar-refractivity contribution is -0.115. The smallest absolute Gasteiger partial charge is 0.228 e. The van der Waals surface area contributed by atoms with Crippen LogP contribution in [0.25, 0.3) is 0 Å². The van der Waals surface area contributed by atoms with Crippen molar-refractivity contribution in [3.05, 3.63) is 47.0 Å². The molecule has 1 amide bonds. The molecule has 4 heteroatoms. The van der Waals surface area contributed by atoms with Crippen LogP contribution in [0.1, 0.15) is 16.7 Å². The number of nitrogens with two attached hydrogens (primary N) is 1. The van der Waals surface area contributed by atoms with Crippen LogP contribution < -0.4 is 16.4 Å². The molecule has 1 aliphatic heterocycles. The van der Waals surface area contributed by atoms with Crippen molar-refractivity contribution in [2.75, 3.05) is 16.4 Å². The number of hydrogen-bond donors (Lipinski definition) is 3. The van der Waals surface area contributed by atoms with Gasteiger partial charge < -0.3 is 16.4 Å². The average Bonchev–Trinajstić information content (AvgIpc) is 2.73. The van der Waals surface area contributed by atoms with Crippen LogP contribution >= 0.6 is 0 Å². The topological polar surface area (TPSA) is 67.1 Å². The molecule has 1 aliphatic rings. The third kappa shape index (κ3) is 2.20. The van der Waals surface area contributed by atoms with Crippen molar-refractivity contribution in [2.24, 2.45) is 0 Å². The zero-order valence-corrected chi connectivity index (χ0v) is 11.6. The molecule has 0 saturated heterocycles. The Balaban J connectivity index is 1.97. The second kappa shape index (κ2) is 4.56. The molecular formula is C16H17N3O. The molecule has 1 heterocycles. The van der Waals surface area contributed by atoms with E-state index in [9.17, 15) is 4.79 Å². The van der Waals surface area contributed by atoms with E-state index >= 15 is 0 Å². The molecule has 2 aromatic carbocycles. The van der Waals surface area contributed by atoms with Crippen LogP contribution in [0.3, 0.4) is 0 Å². The average molecular weight is 267 g/mol. The van der Waals surface area contributed by atoms with Gasteiger partial charge in [0.1, 0.15) is 0 Å². The zero-order chi connectivity index (χ0) is 14.3. The molecule has 4 nitrogen and oxygen atoms in total. The van der Waals surface area contributed by atoms with Gasteiger partial charge in [0, 0.05) is 11.4 Å². The van der Waals surface area contributed by atoms with E-state index in [0.717, 1.165) is 28.2 Å². The molecule has 4 N–H and O–H groups in total. The largest absolute Gasteiger partial charge is 0.397 e. The van der Waals surface area contributed by atoms with Crippen LogP contribution in [0.2, 0.25) is 0 Å². The second-order valence-corrected chi connectivity index (χ2v) is 5.26. The number of rotatable bonds is 2. The summed E-state index contributed by atoms with van der Waals surface area (Å²) in [5.41, 5.74) is 12.7. The summed E-state index contributed by atoms with van der Waals surface area (Å²) in [5, 5.41) is 6.19. The first-order valence-corrected chi connectivity index (χ1v) is 6.59. The second-order valence-electron chi connectivity index (χ2n) is 5.26. The van der Waals surface area contributed by atoms with Crippen LogP contribution in [-0.2, 0) is 11.2 Å². The molecule has 3 rings (SSSR count). The Hall–Kier alpha value is -2.49. The first-order valence-electron chi connectivity index (χ1n) is 6.59. The van der Waals surface area contributed by atoms with Gasteiger partial charge in [-0.2, -0.15) is 0 Å². The Labute approximate surface area is 118 Å². The highest BCUT2D eigenvalue weighted by Gasteiger charge is 2.19. The van der Waals surface area contributed by atoms with E-state index < -0.39 is 0 Å². The van der Waals surface area contributed by atoms with Crippen molar-refractivity contribution < 1.29 is 4.79 Å².